The topological polar surface area (TPSA) is 103 Å². The Balaban J connectivity index is 2.63. The van der Waals surface area contributed by atoms with Gasteiger partial charge in [0.05, 0.1) is 15.4 Å². The van der Waals surface area contributed by atoms with E-state index in [0.29, 0.717) is 5.69 Å². The number of hydrogen-bond donors (Lipinski definition) is 2. The molecule has 0 saturated carbocycles. The zero-order valence-electron chi connectivity index (χ0n) is 9.91. The second kappa shape index (κ2) is 4.74. The smallest absolute Gasteiger partial charge is 0.250 e. The van der Waals surface area contributed by atoms with Gasteiger partial charge in [0.15, 0.2) is 0 Å². The third-order valence-corrected chi connectivity index (χ3v) is 4.46. The first-order valence-electron chi connectivity index (χ1n) is 5.42. The molecule has 98 valence electrons. The first-order valence-corrected chi connectivity index (χ1v) is 6.90. The molecule has 1 amide bonds. The van der Waals surface area contributed by atoms with E-state index in [-0.39, 0.29) is 15.4 Å². The molecule has 0 aliphatic heterocycles. The highest BCUT2D eigenvalue weighted by Gasteiger charge is 2.22. The molecule has 0 saturated heterocycles. The highest BCUT2D eigenvalue weighted by Crippen LogP contribution is 2.24. The summed E-state index contributed by atoms with van der Waals surface area (Å²) in [5.41, 5.74) is 11.1. The maximum Gasteiger partial charge on any atom is 0.250 e. The predicted molar refractivity (Wildman–Crippen MR) is 71.3 cm³/mol. The first-order chi connectivity index (χ1) is 8.93. The lowest BCUT2D eigenvalue weighted by molar-refractivity contribution is 0.0997. The summed E-state index contributed by atoms with van der Waals surface area (Å²) in [5, 5.41) is 0. The molecule has 5 nitrogen and oxygen atoms in total. The number of rotatable bonds is 3. The highest BCUT2D eigenvalue weighted by molar-refractivity contribution is 7.91. The van der Waals surface area contributed by atoms with E-state index in [4.69, 9.17) is 11.5 Å². The Morgan fingerprint density at radius 3 is 2.11 bits per heavy atom. The van der Waals surface area contributed by atoms with Crippen molar-refractivity contribution in [2.75, 3.05) is 5.73 Å². The summed E-state index contributed by atoms with van der Waals surface area (Å²) in [6, 6.07) is 11.6. The lowest BCUT2D eigenvalue weighted by Crippen LogP contribution is -2.16. The fraction of sp³-hybridized carbons (Fsp3) is 0. The molecule has 4 N–H and O–H groups in total. The summed E-state index contributed by atoms with van der Waals surface area (Å²) in [5.74, 6) is -0.783. The molecule has 0 heterocycles. The Hall–Kier alpha value is -2.34. The fourth-order valence-corrected chi connectivity index (χ4v) is 3.14. The molecule has 0 aliphatic carbocycles. The van der Waals surface area contributed by atoms with Crippen LogP contribution < -0.4 is 11.5 Å². The molecule has 0 aromatic heterocycles. The van der Waals surface area contributed by atoms with Crippen molar-refractivity contribution < 1.29 is 13.2 Å². The second-order valence-electron chi connectivity index (χ2n) is 3.93. The Morgan fingerprint density at radius 1 is 0.947 bits per heavy atom. The average Bonchev–Trinajstić information content (AvgIpc) is 2.39. The molecule has 0 atom stereocenters. The van der Waals surface area contributed by atoms with E-state index in [0.717, 1.165) is 0 Å². The molecular formula is C13H12N2O3S. The Kier molecular flexibility index (Phi) is 3.26. The van der Waals surface area contributed by atoms with E-state index in [1.54, 1.807) is 6.07 Å². The van der Waals surface area contributed by atoms with Gasteiger partial charge in [-0.25, -0.2) is 8.42 Å². The zero-order valence-corrected chi connectivity index (χ0v) is 10.7. The number of primary amides is 1. The standard InChI is InChI=1S/C13H12N2O3S/c14-9-5-7-10(8-6-9)19(17,18)12-4-2-1-3-11(12)13(15)16/h1-8H,14H2,(H2,15,16). The van der Waals surface area contributed by atoms with Gasteiger partial charge in [-0.05, 0) is 36.4 Å². The van der Waals surface area contributed by atoms with Crippen molar-refractivity contribution in [3.05, 3.63) is 54.1 Å². The third kappa shape index (κ3) is 2.43. The molecule has 19 heavy (non-hydrogen) atoms. The van der Waals surface area contributed by atoms with E-state index < -0.39 is 15.7 Å². The second-order valence-corrected chi connectivity index (χ2v) is 5.85. The largest absolute Gasteiger partial charge is 0.399 e. The van der Waals surface area contributed by atoms with E-state index in [1.165, 1.54) is 42.5 Å². The van der Waals surface area contributed by atoms with Crippen LogP contribution in [0.3, 0.4) is 0 Å². The van der Waals surface area contributed by atoms with Crippen LogP contribution in [0.15, 0.2) is 58.3 Å². The molecule has 2 aromatic carbocycles. The van der Waals surface area contributed by atoms with Crippen molar-refractivity contribution in [2.45, 2.75) is 9.79 Å². The van der Waals surface area contributed by atoms with E-state index >= 15 is 0 Å². The van der Waals surface area contributed by atoms with Gasteiger partial charge in [-0.15, -0.1) is 0 Å². The highest BCUT2D eigenvalue weighted by atomic mass is 32.2. The Morgan fingerprint density at radius 2 is 1.53 bits per heavy atom. The fourth-order valence-electron chi connectivity index (χ4n) is 1.68. The average molecular weight is 276 g/mol. The Labute approximate surface area is 110 Å². The number of nitrogen functional groups attached to an aromatic ring is 1. The van der Waals surface area contributed by atoms with Gasteiger partial charge in [0.1, 0.15) is 0 Å². The summed E-state index contributed by atoms with van der Waals surface area (Å²) in [4.78, 5) is 11.3. The number of benzene rings is 2. The van der Waals surface area contributed by atoms with E-state index in [1.807, 2.05) is 0 Å². The number of nitrogens with two attached hydrogens (primary N) is 2. The minimum Gasteiger partial charge on any atom is -0.399 e. The molecular weight excluding hydrogens is 264 g/mol. The lowest BCUT2D eigenvalue weighted by atomic mass is 10.2. The first kappa shape index (κ1) is 13.1. The maximum atomic E-state index is 12.4. The molecule has 0 spiro atoms. The monoisotopic (exact) mass is 276 g/mol. The van der Waals surface area contributed by atoms with Crippen molar-refractivity contribution in [1.82, 2.24) is 0 Å². The molecule has 0 radical (unpaired) electrons. The number of carbonyl (C=O) groups is 1. The summed E-state index contributed by atoms with van der Waals surface area (Å²) in [6.07, 6.45) is 0. The van der Waals surface area contributed by atoms with Crippen LogP contribution >= 0.6 is 0 Å². The number of anilines is 1. The van der Waals surface area contributed by atoms with Gasteiger partial charge in [-0.3, -0.25) is 4.79 Å². The minimum atomic E-state index is -3.79. The van der Waals surface area contributed by atoms with Crippen LogP contribution in [0.25, 0.3) is 0 Å². The van der Waals surface area contributed by atoms with Crippen LogP contribution in [0.2, 0.25) is 0 Å². The third-order valence-electron chi connectivity index (χ3n) is 2.63. The SMILES string of the molecule is NC(=O)c1ccccc1S(=O)(=O)c1ccc(N)cc1. The minimum absolute atomic E-state index is 0.0284. The summed E-state index contributed by atoms with van der Waals surface area (Å²) < 4.78 is 24.8. The van der Waals surface area contributed by atoms with Crippen LogP contribution in [0, 0.1) is 0 Å². The van der Waals surface area contributed by atoms with Gasteiger partial charge in [0.25, 0.3) is 0 Å². The van der Waals surface area contributed by atoms with Crippen molar-refractivity contribution in [1.29, 1.82) is 0 Å². The summed E-state index contributed by atoms with van der Waals surface area (Å²) in [7, 11) is -3.79. The normalized spacial score (nSPS) is 11.2. The number of hydrogen-bond acceptors (Lipinski definition) is 4. The molecule has 0 fully saturated rings. The van der Waals surface area contributed by atoms with Gasteiger partial charge in [0.2, 0.25) is 15.7 Å². The van der Waals surface area contributed by atoms with Crippen molar-refractivity contribution in [3.8, 4) is 0 Å². The van der Waals surface area contributed by atoms with Crippen LogP contribution in [-0.4, -0.2) is 14.3 Å². The van der Waals surface area contributed by atoms with E-state index in [2.05, 4.69) is 0 Å². The summed E-state index contributed by atoms with van der Waals surface area (Å²) in [6.45, 7) is 0. The van der Waals surface area contributed by atoms with Crippen molar-refractivity contribution >= 4 is 21.4 Å². The zero-order chi connectivity index (χ0) is 14.0. The van der Waals surface area contributed by atoms with Crippen molar-refractivity contribution in [2.24, 2.45) is 5.73 Å². The molecule has 0 bridgehead atoms. The molecule has 2 aromatic rings. The van der Waals surface area contributed by atoms with Crippen LogP contribution in [0.1, 0.15) is 10.4 Å². The number of sulfone groups is 1. The predicted octanol–water partition coefficient (Wildman–Crippen LogP) is 1.20. The van der Waals surface area contributed by atoms with Crippen molar-refractivity contribution in [3.63, 3.8) is 0 Å². The maximum absolute atomic E-state index is 12.4. The van der Waals surface area contributed by atoms with Gasteiger partial charge in [-0.1, -0.05) is 12.1 Å². The quantitative estimate of drug-likeness (QED) is 0.822. The molecule has 2 rings (SSSR count). The molecule has 0 aliphatic rings. The van der Waals surface area contributed by atoms with Crippen LogP contribution in [-0.2, 0) is 9.84 Å². The van der Waals surface area contributed by atoms with Gasteiger partial charge in [-0.2, -0.15) is 0 Å². The van der Waals surface area contributed by atoms with Gasteiger partial charge >= 0.3 is 0 Å². The van der Waals surface area contributed by atoms with Crippen LogP contribution in [0.4, 0.5) is 5.69 Å². The Bertz CT molecular complexity index is 722. The lowest BCUT2D eigenvalue weighted by Gasteiger charge is -2.08. The number of amides is 1. The molecule has 0 unspecified atom stereocenters. The number of carbonyl (C=O) groups excluding carboxylic acids is 1. The van der Waals surface area contributed by atoms with Gasteiger partial charge < -0.3 is 11.5 Å². The molecule has 6 heteroatoms. The van der Waals surface area contributed by atoms with Crippen LogP contribution in [0.5, 0.6) is 0 Å². The van der Waals surface area contributed by atoms with Gasteiger partial charge in [0, 0.05) is 5.69 Å². The van der Waals surface area contributed by atoms with E-state index in [9.17, 15) is 13.2 Å². The summed E-state index contributed by atoms with van der Waals surface area (Å²) >= 11 is 0.